The smallest absolute Gasteiger partial charge is 0.319 e. The summed E-state index contributed by atoms with van der Waals surface area (Å²) in [7, 11) is 0. The molecule has 0 aliphatic heterocycles. The molecule has 0 saturated carbocycles. The molecule has 12 heteroatoms. The molecule has 0 bridgehead atoms. The Bertz CT molecular complexity index is 2560. The van der Waals surface area contributed by atoms with Gasteiger partial charge in [-0.2, -0.15) is 0 Å². The topological polar surface area (TPSA) is 151 Å². The molecule has 372 valence electrons. The van der Waals surface area contributed by atoms with Gasteiger partial charge in [-0.05, 0) is 127 Å². The largest absolute Gasteiger partial charge is 0.489 e. The average molecular weight is 967 g/mol. The van der Waals surface area contributed by atoms with E-state index in [4.69, 9.17) is 14.2 Å². The highest BCUT2D eigenvalue weighted by Gasteiger charge is 2.24. The summed E-state index contributed by atoms with van der Waals surface area (Å²) in [5.74, 6) is 1.80. The quantitative estimate of drug-likeness (QED) is 0.0422. The molecule has 3 atom stereocenters. The highest BCUT2D eigenvalue weighted by molar-refractivity contribution is 5.91. The third-order valence-corrected chi connectivity index (χ3v) is 12.6. The predicted molar refractivity (Wildman–Crippen MR) is 288 cm³/mol. The van der Waals surface area contributed by atoms with Gasteiger partial charge in [0.15, 0.2) is 0 Å². The van der Waals surface area contributed by atoms with Crippen molar-refractivity contribution in [3.8, 4) is 17.2 Å². The molecular formula is C60H66N6O6. The summed E-state index contributed by atoms with van der Waals surface area (Å²) < 4.78 is 19.9. The molecule has 0 saturated heterocycles. The number of hydrogen-bond donors (Lipinski definition) is 6. The van der Waals surface area contributed by atoms with E-state index in [1.165, 1.54) is 0 Å². The van der Waals surface area contributed by atoms with E-state index in [1.54, 1.807) is 0 Å². The van der Waals surface area contributed by atoms with Gasteiger partial charge in [-0.25, -0.2) is 14.4 Å². The first kappa shape index (κ1) is 51.6. The maximum atomic E-state index is 13.1. The Morgan fingerprint density at radius 3 is 0.875 bits per heavy atom. The highest BCUT2D eigenvalue weighted by atomic mass is 16.5. The Morgan fingerprint density at radius 2 is 0.625 bits per heavy atom. The molecule has 12 nitrogen and oxygen atoms in total. The van der Waals surface area contributed by atoms with Crippen LogP contribution < -0.4 is 46.1 Å². The molecule has 0 aliphatic carbocycles. The highest BCUT2D eigenvalue weighted by Crippen LogP contribution is 2.34. The Balaban J connectivity index is 1.13. The zero-order valence-electron chi connectivity index (χ0n) is 42.0. The second kappa shape index (κ2) is 25.6. The first-order valence-electron chi connectivity index (χ1n) is 24.7. The first-order chi connectivity index (χ1) is 35.0. The van der Waals surface area contributed by atoms with Crippen molar-refractivity contribution in [1.82, 2.24) is 16.0 Å². The summed E-state index contributed by atoms with van der Waals surface area (Å²) in [5.41, 5.74) is 11.3. The number of nitrogens with one attached hydrogen (secondary N) is 6. The molecule has 6 N–H and O–H groups in total. The second-order valence-electron chi connectivity index (χ2n) is 17.6. The number of ether oxygens (including phenoxy) is 3. The van der Waals surface area contributed by atoms with E-state index in [-0.39, 0.29) is 56.0 Å². The van der Waals surface area contributed by atoms with E-state index in [9.17, 15) is 14.4 Å². The molecule has 0 heterocycles. The molecule has 0 spiro atoms. The SMILES string of the molecule is CCc1c(COc2cccc(NC(=O)N[C@H](C)c3ccccc3)c2)c(CC)c(COc2cccc(NC(=O)N[C@H](C)c3ccccc3)c2)c(CC)c1COc1cccc(NC(=O)N[C@H](C)c2ccccc2)c1. The summed E-state index contributed by atoms with van der Waals surface area (Å²) in [4.78, 5) is 39.3. The summed E-state index contributed by atoms with van der Waals surface area (Å²) >= 11 is 0. The molecule has 0 radical (unpaired) electrons. The average Bonchev–Trinajstić information content (AvgIpc) is 3.39. The number of rotatable bonds is 21. The number of amides is 6. The lowest BCUT2D eigenvalue weighted by molar-refractivity contribution is 0.248. The molecule has 7 rings (SSSR count). The monoisotopic (exact) mass is 967 g/mol. The molecule has 6 amide bonds. The maximum Gasteiger partial charge on any atom is 0.319 e. The van der Waals surface area contributed by atoms with Gasteiger partial charge in [-0.15, -0.1) is 0 Å². The molecule has 0 unspecified atom stereocenters. The third-order valence-electron chi connectivity index (χ3n) is 12.6. The maximum absolute atomic E-state index is 13.1. The van der Waals surface area contributed by atoms with E-state index in [0.29, 0.717) is 53.6 Å². The summed E-state index contributed by atoms with van der Waals surface area (Å²) in [6.07, 6.45) is 2.12. The van der Waals surface area contributed by atoms with Crippen LogP contribution in [0.5, 0.6) is 17.2 Å². The molecule has 0 fully saturated rings. The summed E-state index contributed by atoms with van der Waals surface area (Å²) in [6.45, 7) is 13.0. The van der Waals surface area contributed by atoms with Crippen LogP contribution in [0.1, 0.15) is 110 Å². The minimum absolute atomic E-state index is 0.185. The Hall–Kier alpha value is -8.25. The van der Waals surface area contributed by atoms with E-state index in [2.05, 4.69) is 52.7 Å². The van der Waals surface area contributed by atoms with Crippen LogP contribution in [0.2, 0.25) is 0 Å². The van der Waals surface area contributed by atoms with Crippen LogP contribution in [0.3, 0.4) is 0 Å². The lowest BCUT2D eigenvalue weighted by Gasteiger charge is -2.26. The van der Waals surface area contributed by atoms with Crippen LogP contribution in [0.4, 0.5) is 31.4 Å². The van der Waals surface area contributed by atoms with Gasteiger partial charge in [0.1, 0.15) is 37.1 Å². The van der Waals surface area contributed by atoms with Crippen LogP contribution in [0.15, 0.2) is 164 Å². The van der Waals surface area contributed by atoms with Crippen molar-refractivity contribution < 1.29 is 28.6 Å². The minimum atomic E-state index is -0.320. The fourth-order valence-electron chi connectivity index (χ4n) is 8.92. The first-order valence-corrected chi connectivity index (χ1v) is 24.7. The van der Waals surface area contributed by atoms with E-state index in [1.807, 2.05) is 185 Å². The summed E-state index contributed by atoms with van der Waals surface area (Å²) in [6, 6.07) is 50.1. The number of anilines is 3. The zero-order chi connectivity index (χ0) is 50.8. The third kappa shape index (κ3) is 14.2. The van der Waals surface area contributed by atoms with Gasteiger partial charge in [0.05, 0.1) is 18.1 Å². The number of carbonyl (C=O) groups excluding carboxylic acids is 3. The van der Waals surface area contributed by atoms with E-state index >= 15 is 0 Å². The van der Waals surface area contributed by atoms with Gasteiger partial charge in [0, 0.05) is 35.3 Å². The van der Waals surface area contributed by atoms with Gasteiger partial charge >= 0.3 is 18.1 Å². The number of urea groups is 3. The van der Waals surface area contributed by atoms with Crippen LogP contribution in [0.25, 0.3) is 0 Å². The standard InChI is InChI=1S/C60H66N6O6/c1-7-52-55(37-70-49-31-19-28-46(34-49)64-58(67)61-40(4)43-22-13-10-14-23-43)53(8-2)57(39-72-51-33-21-30-48(36-51)66-60(69)63-42(6)45-26-17-12-18-27-45)54(9-3)56(52)38-71-50-32-20-29-47(35-50)65-59(68)62-41(5)44-24-15-11-16-25-44/h10-36,40-42H,7-9,37-39H2,1-6H3,(H2,61,64,67)(H2,62,65,68)(H2,63,66,69)/t40-,41-,42-/m1/s1. The van der Waals surface area contributed by atoms with Gasteiger partial charge in [-0.1, -0.05) is 130 Å². The second-order valence-corrected chi connectivity index (χ2v) is 17.6. The van der Waals surface area contributed by atoms with Crippen molar-refractivity contribution >= 4 is 35.2 Å². The number of benzene rings is 7. The lowest BCUT2D eigenvalue weighted by Crippen LogP contribution is -2.31. The Kier molecular flexibility index (Phi) is 18.3. The molecule has 7 aromatic carbocycles. The Morgan fingerprint density at radius 1 is 0.361 bits per heavy atom. The van der Waals surface area contributed by atoms with Gasteiger partial charge in [0.2, 0.25) is 0 Å². The fourth-order valence-corrected chi connectivity index (χ4v) is 8.92. The molecule has 0 aromatic heterocycles. The van der Waals surface area contributed by atoms with Gasteiger partial charge in [0.25, 0.3) is 0 Å². The van der Waals surface area contributed by atoms with Crippen molar-refractivity contribution in [2.24, 2.45) is 0 Å². The van der Waals surface area contributed by atoms with Crippen molar-refractivity contribution in [3.63, 3.8) is 0 Å². The van der Waals surface area contributed by atoms with Crippen LogP contribution in [0, 0.1) is 0 Å². The van der Waals surface area contributed by atoms with Crippen LogP contribution in [-0.2, 0) is 39.1 Å². The molecule has 0 aliphatic rings. The zero-order valence-corrected chi connectivity index (χ0v) is 42.0. The Labute approximate surface area is 423 Å². The fraction of sp³-hybridized carbons (Fsp3) is 0.250. The molecule has 7 aromatic rings. The molecule has 72 heavy (non-hydrogen) atoms. The van der Waals surface area contributed by atoms with Gasteiger partial charge < -0.3 is 46.1 Å². The predicted octanol–water partition coefficient (Wildman–Crippen LogP) is 13.8. The van der Waals surface area contributed by atoms with Crippen LogP contribution in [-0.4, -0.2) is 18.1 Å². The van der Waals surface area contributed by atoms with Crippen molar-refractivity contribution in [2.45, 2.75) is 98.8 Å². The number of carbonyl (C=O) groups is 3. The van der Waals surface area contributed by atoms with Gasteiger partial charge in [-0.3, -0.25) is 0 Å². The molecular weight excluding hydrogens is 901 g/mol. The van der Waals surface area contributed by atoms with Crippen LogP contribution >= 0.6 is 0 Å². The summed E-state index contributed by atoms with van der Waals surface area (Å²) in [5, 5.41) is 17.9. The van der Waals surface area contributed by atoms with E-state index in [0.717, 1.165) is 50.1 Å². The van der Waals surface area contributed by atoms with Crippen molar-refractivity contribution in [2.75, 3.05) is 16.0 Å². The number of hydrogen-bond acceptors (Lipinski definition) is 6. The normalized spacial score (nSPS) is 12.1. The minimum Gasteiger partial charge on any atom is -0.489 e. The van der Waals surface area contributed by atoms with Crippen molar-refractivity contribution in [1.29, 1.82) is 0 Å². The van der Waals surface area contributed by atoms with Crippen molar-refractivity contribution in [3.05, 3.63) is 214 Å². The van der Waals surface area contributed by atoms with E-state index < -0.39 is 0 Å². The lowest BCUT2D eigenvalue weighted by atomic mass is 9.84.